The molecule has 0 aromatic heterocycles. The molecule has 1 atom stereocenters. The second-order valence-corrected chi connectivity index (χ2v) is 6.00. The fourth-order valence-corrected chi connectivity index (χ4v) is 2.57. The van der Waals surface area contributed by atoms with Gasteiger partial charge in [-0.25, -0.2) is 0 Å². The molecule has 0 saturated heterocycles. The summed E-state index contributed by atoms with van der Waals surface area (Å²) < 4.78 is 0. The molecule has 27 heavy (non-hydrogen) atoms. The summed E-state index contributed by atoms with van der Waals surface area (Å²) in [5.41, 5.74) is 0.908. The minimum Gasteiger partial charge on any atom is -0.341 e. The number of nitrogens with zero attached hydrogens (tertiary/aromatic N) is 2. The van der Waals surface area contributed by atoms with Crippen LogP contribution in [0.25, 0.3) is 0 Å². The van der Waals surface area contributed by atoms with Gasteiger partial charge in [-0.1, -0.05) is 42.5 Å². The molecule has 0 radical (unpaired) electrons. The van der Waals surface area contributed by atoms with Crippen molar-refractivity contribution in [1.29, 1.82) is 0 Å². The fraction of sp³-hybridized carbons (Fsp3) is 0.200. The maximum Gasteiger partial charge on any atom is 0.270 e. The number of benzene rings is 2. The van der Waals surface area contributed by atoms with E-state index in [1.54, 1.807) is 17.9 Å². The van der Waals surface area contributed by atoms with E-state index in [1.807, 2.05) is 30.3 Å². The fourth-order valence-electron chi connectivity index (χ4n) is 2.57. The zero-order valence-electron chi connectivity index (χ0n) is 15.0. The van der Waals surface area contributed by atoms with Crippen LogP contribution in [0.3, 0.4) is 0 Å². The van der Waals surface area contributed by atoms with Crippen LogP contribution in [0, 0.1) is 10.1 Å². The Morgan fingerprint density at radius 3 is 2.56 bits per heavy atom. The molecule has 1 N–H and O–H groups in total. The Bertz CT molecular complexity index is 836. The molecule has 0 spiro atoms. The maximum atomic E-state index is 12.7. The van der Waals surface area contributed by atoms with Crippen LogP contribution in [-0.2, 0) is 11.3 Å². The van der Waals surface area contributed by atoms with E-state index in [1.165, 1.54) is 24.3 Å². The lowest BCUT2D eigenvalue weighted by Crippen LogP contribution is -2.46. The highest BCUT2D eigenvalue weighted by Crippen LogP contribution is 2.13. The molecule has 2 rings (SSSR count). The van der Waals surface area contributed by atoms with Gasteiger partial charge in [0.2, 0.25) is 5.91 Å². The maximum absolute atomic E-state index is 12.7. The predicted molar refractivity (Wildman–Crippen MR) is 102 cm³/mol. The van der Waals surface area contributed by atoms with Crippen molar-refractivity contribution in [3.8, 4) is 0 Å². The van der Waals surface area contributed by atoms with Gasteiger partial charge in [0.15, 0.2) is 0 Å². The molecule has 2 aromatic rings. The molecule has 7 heteroatoms. The largest absolute Gasteiger partial charge is 0.341 e. The lowest BCUT2D eigenvalue weighted by atomic mass is 10.1. The highest BCUT2D eigenvalue weighted by molar-refractivity contribution is 5.97. The van der Waals surface area contributed by atoms with Crippen molar-refractivity contribution < 1.29 is 14.5 Å². The lowest BCUT2D eigenvalue weighted by Gasteiger charge is -2.25. The Hall–Kier alpha value is -3.48. The molecule has 0 aliphatic heterocycles. The van der Waals surface area contributed by atoms with E-state index in [0.717, 1.165) is 5.56 Å². The van der Waals surface area contributed by atoms with Gasteiger partial charge in [-0.2, -0.15) is 0 Å². The van der Waals surface area contributed by atoms with Gasteiger partial charge in [-0.15, -0.1) is 6.58 Å². The van der Waals surface area contributed by atoms with Crippen molar-refractivity contribution >= 4 is 17.5 Å². The number of amides is 2. The van der Waals surface area contributed by atoms with Gasteiger partial charge in [-0.05, 0) is 18.6 Å². The summed E-state index contributed by atoms with van der Waals surface area (Å²) in [6.45, 7) is 5.99. The summed E-state index contributed by atoms with van der Waals surface area (Å²) in [6, 6.07) is 14.1. The van der Waals surface area contributed by atoms with Gasteiger partial charge in [-0.3, -0.25) is 19.7 Å². The van der Waals surface area contributed by atoms with Crippen molar-refractivity contribution in [2.24, 2.45) is 0 Å². The minimum absolute atomic E-state index is 0.127. The van der Waals surface area contributed by atoms with E-state index in [4.69, 9.17) is 0 Å². The summed E-state index contributed by atoms with van der Waals surface area (Å²) in [5.74, 6) is -0.810. The number of carbonyl (C=O) groups excluding carboxylic acids is 2. The Morgan fingerprint density at radius 1 is 1.22 bits per heavy atom. The number of nitro benzene ring substituents is 1. The molecule has 0 aliphatic carbocycles. The third-order valence-electron chi connectivity index (χ3n) is 3.91. The normalized spacial score (nSPS) is 11.3. The summed E-state index contributed by atoms with van der Waals surface area (Å²) in [7, 11) is 0. The number of hydrogen-bond acceptors (Lipinski definition) is 4. The van der Waals surface area contributed by atoms with Crippen molar-refractivity contribution in [2.75, 3.05) is 6.54 Å². The first-order chi connectivity index (χ1) is 12.9. The summed E-state index contributed by atoms with van der Waals surface area (Å²) in [5, 5.41) is 13.4. The van der Waals surface area contributed by atoms with Crippen molar-refractivity contribution in [1.82, 2.24) is 10.2 Å². The Labute approximate surface area is 157 Å². The molecule has 1 unspecified atom stereocenters. The van der Waals surface area contributed by atoms with Crippen molar-refractivity contribution in [2.45, 2.75) is 19.5 Å². The first-order valence-corrected chi connectivity index (χ1v) is 8.41. The van der Waals surface area contributed by atoms with Crippen molar-refractivity contribution in [3.63, 3.8) is 0 Å². The van der Waals surface area contributed by atoms with Crippen LogP contribution in [0.1, 0.15) is 22.8 Å². The quantitative estimate of drug-likeness (QED) is 0.441. The zero-order valence-corrected chi connectivity index (χ0v) is 15.0. The molecule has 2 amide bonds. The number of nitro groups is 1. The summed E-state index contributed by atoms with van der Waals surface area (Å²) >= 11 is 0. The van der Waals surface area contributed by atoms with Crippen LogP contribution in [0.2, 0.25) is 0 Å². The monoisotopic (exact) mass is 367 g/mol. The third kappa shape index (κ3) is 5.50. The van der Waals surface area contributed by atoms with E-state index < -0.39 is 16.9 Å². The second kappa shape index (κ2) is 9.28. The van der Waals surface area contributed by atoms with Crippen molar-refractivity contribution in [3.05, 3.63) is 88.5 Å². The molecule has 7 nitrogen and oxygen atoms in total. The molecule has 2 aromatic carbocycles. The highest BCUT2D eigenvalue weighted by Gasteiger charge is 2.22. The van der Waals surface area contributed by atoms with Gasteiger partial charge < -0.3 is 10.2 Å². The lowest BCUT2D eigenvalue weighted by molar-refractivity contribution is -0.384. The highest BCUT2D eigenvalue weighted by atomic mass is 16.6. The Kier molecular flexibility index (Phi) is 6.82. The van der Waals surface area contributed by atoms with Crippen LogP contribution >= 0.6 is 0 Å². The molecule has 0 heterocycles. The van der Waals surface area contributed by atoms with E-state index in [2.05, 4.69) is 11.9 Å². The average molecular weight is 367 g/mol. The Balaban J connectivity index is 2.07. The van der Waals surface area contributed by atoms with E-state index in [-0.39, 0.29) is 17.2 Å². The van der Waals surface area contributed by atoms with Gasteiger partial charge in [0.25, 0.3) is 11.6 Å². The molecule has 140 valence electrons. The first-order valence-electron chi connectivity index (χ1n) is 8.41. The molecule has 0 bridgehead atoms. The van der Waals surface area contributed by atoms with E-state index in [9.17, 15) is 19.7 Å². The number of hydrogen-bond donors (Lipinski definition) is 1. The topological polar surface area (TPSA) is 92.6 Å². The van der Waals surface area contributed by atoms with Gasteiger partial charge in [0, 0.05) is 30.8 Å². The van der Waals surface area contributed by atoms with Gasteiger partial charge in [0.05, 0.1) is 4.92 Å². The number of nitrogens with one attached hydrogen (secondary N) is 1. The van der Waals surface area contributed by atoms with Crippen LogP contribution < -0.4 is 5.32 Å². The molecular weight excluding hydrogens is 346 g/mol. The SMILES string of the molecule is C=CCN(Cc1ccccc1)C(=O)C(C)NC(=O)c1cccc([N+](=O)[O-])c1. The van der Waals surface area contributed by atoms with Gasteiger partial charge >= 0.3 is 0 Å². The predicted octanol–water partition coefficient (Wildman–Crippen LogP) is 2.93. The number of non-ortho nitro benzene ring substituents is 1. The Morgan fingerprint density at radius 2 is 1.93 bits per heavy atom. The standard InChI is InChI=1S/C20H21N3O4/c1-3-12-22(14-16-8-5-4-6-9-16)20(25)15(2)21-19(24)17-10-7-11-18(13-17)23(26)27/h3-11,13,15H,1,12,14H2,2H3,(H,21,24). The summed E-state index contributed by atoms with van der Waals surface area (Å²) in [6.07, 6.45) is 1.62. The minimum atomic E-state index is -0.791. The van der Waals surface area contributed by atoms with Crippen LogP contribution in [0.15, 0.2) is 67.3 Å². The van der Waals surface area contributed by atoms with E-state index >= 15 is 0 Å². The zero-order chi connectivity index (χ0) is 19.8. The van der Waals surface area contributed by atoms with Crippen LogP contribution in [0.5, 0.6) is 0 Å². The molecule has 0 fully saturated rings. The molecule has 0 aliphatic rings. The first kappa shape index (κ1) is 19.8. The molecule has 0 saturated carbocycles. The average Bonchev–Trinajstić information content (AvgIpc) is 2.67. The van der Waals surface area contributed by atoms with Gasteiger partial charge in [0.1, 0.15) is 6.04 Å². The second-order valence-electron chi connectivity index (χ2n) is 6.00. The smallest absolute Gasteiger partial charge is 0.270 e. The summed E-state index contributed by atoms with van der Waals surface area (Å²) in [4.78, 5) is 36.9. The van der Waals surface area contributed by atoms with Crippen LogP contribution in [0.4, 0.5) is 5.69 Å². The number of carbonyl (C=O) groups is 2. The third-order valence-corrected chi connectivity index (χ3v) is 3.91. The number of rotatable bonds is 8. The van der Waals surface area contributed by atoms with Crippen LogP contribution in [-0.4, -0.2) is 34.2 Å². The van der Waals surface area contributed by atoms with E-state index in [0.29, 0.717) is 13.1 Å². The molecular formula is C20H21N3O4.